The molecule has 1 unspecified atom stereocenters. The Morgan fingerprint density at radius 1 is 1.42 bits per heavy atom. The molecule has 24 heavy (non-hydrogen) atoms. The predicted molar refractivity (Wildman–Crippen MR) is 91.8 cm³/mol. The zero-order valence-electron chi connectivity index (χ0n) is 13.9. The topological polar surface area (TPSA) is 75.9 Å². The molecule has 1 aliphatic rings. The van der Waals surface area contributed by atoms with Crippen molar-refractivity contribution in [1.82, 2.24) is 24.6 Å². The van der Waals surface area contributed by atoms with E-state index in [1.165, 1.54) is 0 Å². The van der Waals surface area contributed by atoms with Crippen LogP contribution in [0, 0.1) is 6.92 Å². The van der Waals surface area contributed by atoms with Crippen molar-refractivity contribution in [2.45, 2.75) is 32.2 Å². The van der Waals surface area contributed by atoms with Gasteiger partial charge < -0.3 is 10.2 Å². The zero-order valence-corrected chi connectivity index (χ0v) is 14.6. The molecule has 0 aliphatic carbocycles. The summed E-state index contributed by atoms with van der Waals surface area (Å²) in [5, 5.41) is 8.06. The fourth-order valence-electron chi connectivity index (χ4n) is 3.21. The number of nitrogens with zero attached hydrogens (tertiary/aromatic N) is 5. The Hall–Kier alpha value is -2.15. The number of likely N-dealkylation sites (tertiary alicyclic amines) is 1. The Labute approximate surface area is 146 Å². The van der Waals surface area contributed by atoms with Gasteiger partial charge in [-0.25, -0.2) is 9.97 Å². The summed E-state index contributed by atoms with van der Waals surface area (Å²) in [5.74, 6) is 0.648. The fraction of sp³-hybridized carbons (Fsp3) is 0.500. The van der Waals surface area contributed by atoms with E-state index in [0.29, 0.717) is 24.1 Å². The Balaban J connectivity index is 1.63. The Morgan fingerprint density at radius 3 is 2.83 bits per heavy atom. The summed E-state index contributed by atoms with van der Waals surface area (Å²) < 4.78 is 1.67. The van der Waals surface area contributed by atoms with E-state index in [0.717, 1.165) is 30.6 Å². The number of hydrogen-bond donors (Lipinski definition) is 1. The van der Waals surface area contributed by atoms with Crippen LogP contribution in [0.4, 0.5) is 5.95 Å². The Kier molecular flexibility index (Phi) is 4.99. The molecule has 3 heterocycles. The first-order chi connectivity index (χ1) is 11.6. The van der Waals surface area contributed by atoms with Crippen LogP contribution in [-0.2, 0) is 11.8 Å². The summed E-state index contributed by atoms with van der Waals surface area (Å²) >= 11 is 6.38. The van der Waals surface area contributed by atoms with Crippen molar-refractivity contribution < 1.29 is 4.79 Å². The highest BCUT2D eigenvalue weighted by Crippen LogP contribution is 2.37. The third-order valence-electron chi connectivity index (χ3n) is 4.29. The van der Waals surface area contributed by atoms with Gasteiger partial charge >= 0.3 is 0 Å². The van der Waals surface area contributed by atoms with Crippen LogP contribution < -0.4 is 5.32 Å². The van der Waals surface area contributed by atoms with Gasteiger partial charge in [-0.15, -0.1) is 0 Å². The van der Waals surface area contributed by atoms with Gasteiger partial charge in [0, 0.05) is 44.5 Å². The second kappa shape index (κ2) is 7.17. The highest BCUT2D eigenvalue weighted by atomic mass is 35.5. The minimum Gasteiger partial charge on any atom is -0.354 e. The van der Waals surface area contributed by atoms with Crippen LogP contribution in [0.1, 0.15) is 36.6 Å². The molecular formula is C16H21ClN6O. The lowest BCUT2D eigenvalue weighted by molar-refractivity contribution is -0.131. The van der Waals surface area contributed by atoms with Crippen LogP contribution in [0.5, 0.6) is 0 Å². The molecule has 0 radical (unpaired) electrons. The molecule has 1 amide bonds. The van der Waals surface area contributed by atoms with Crippen molar-refractivity contribution in [3.8, 4) is 0 Å². The number of carbonyl (C=O) groups is 1. The molecule has 3 rings (SSSR count). The Morgan fingerprint density at radius 2 is 2.17 bits per heavy atom. The number of hydrogen-bond acceptors (Lipinski definition) is 5. The first kappa shape index (κ1) is 16.7. The van der Waals surface area contributed by atoms with Gasteiger partial charge in [0.2, 0.25) is 11.9 Å². The van der Waals surface area contributed by atoms with E-state index < -0.39 is 0 Å². The molecule has 8 heteroatoms. The maximum atomic E-state index is 12.6. The van der Waals surface area contributed by atoms with Crippen LogP contribution in [-0.4, -0.2) is 43.6 Å². The number of anilines is 1. The van der Waals surface area contributed by atoms with Gasteiger partial charge in [0.1, 0.15) is 5.15 Å². The number of aryl methyl sites for hydroxylation is 2. The normalized spacial score (nSPS) is 17.3. The largest absolute Gasteiger partial charge is 0.354 e. The van der Waals surface area contributed by atoms with Gasteiger partial charge in [-0.05, 0) is 25.8 Å². The number of rotatable bonds is 5. The van der Waals surface area contributed by atoms with Gasteiger partial charge in [-0.3, -0.25) is 9.48 Å². The number of carbonyl (C=O) groups excluding carboxylic acids is 1. The van der Waals surface area contributed by atoms with E-state index in [-0.39, 0.29) is 11.9 Å². The third kappa shape index (κ3) is 3.36. The van der Waals surface area contributed by atoms with Crippen molar-refractivity contribution in [2.75, 3.05) is 18.4 Å². The molecule has 1 N–H and O–H groups in total. The standard InChI is InChI=1S/C16H21ClN6O/c1-11-14(15(17)22(2)21-11)12-5-3-10-23(12)13(24)6-9-20-16-18-7-4-8-19-16/h4,7-8,12H,3,5-6,9-10H2,1-2H3,(H,18,19,20). The number of aromatic nitrogens is 4. The highest BCUT2D eigenvalue weighted by Gasteiger charge is 2.33. The van der Waals surface area contributed by atoms with Gasteiger partial charge in [-0.1, -0.05) is 11.6 Å². The van der Waals surface area contributed by atoms with Crippen molar-refractivity contribution in [1.29, 1.82) is 0 Å². The molecule has 1 atom stereocenters. The second-order valence-electron chi connectivity index (χ2n) is 5.91. The van der Waals surface area contributed by atoms with E-state index in [9.17, 15) is 4.79 Å². The minimum atomic E-state index is 0.0201. The van der Waals surface area contributed by atoms with Gasteiger partial charge in [0.25, 0.3) is 0 Å². The third-order valence-corrected chi connectivity index (χ3v) is 4.74. The van der Waals surface area contributed by atoms with Crippen LogP contribution in [0.25, 0.3) is 0 Å². The SMILES string of the molecule is Cc1nn(C)c(Cl)c1C1CCCN1C(=O)CCNc1ncccn1. The van der Waals surface area contributed by atoms with Crippen LogP contribution >= 0.6 is 11.6 Å². The lowest BCUT2D eigenvalue weighted by atomic mass is 10.1. The molecule has 1 fully saturated rings. The summed E-state index contributed by atoms with van der Waals surface area (Å²) in [6.07, 6.45) is 5.64. The van der Waals surface area contributed by atoms with Crippen LogP contribution in [0.15, 0.2) is 18.5 Å². The van der Waals surface area contributed by atoms with E-state index in [1.54, 1.807) is 23.1 Å². The molecule has 0 spiro atoms. The summed E-state index contributed by atoms with van der Waals surface area (Å²) in [5.41, 5.74) is 1.87. The van der Waals surface area contributed by atoms with E-state index in [4.69, 9.17) is 11.6 Å². The zero-order chi connectivity index (χ0) is 17.1. The van der Waals surface area contributed by atoms with Gasteiger partial charge in [-0.2, -0.15) is 5.10 Å². The summed E-state index contributed by atoms with van der Waals surface area (Å²) in [7, 11) is 1.82. The average Bonchev–Trinajstić information content (AvgIpc) is 3.13. The first-order valence-corrected chi connectivity index (χ1v) is 8.45. The lowest BCUT2D eigenvalue weighted by Crippen LogP contribution is -2.32. The van der Waals surface area contributed by atoms with Gasteiger partial charge in [0.15, 0.2) is 0 Å². The summed E-state index contributed by atoms with van der Waals surface area (Å²) in [6, 6.07) is 1.78. The molecule has 0 saturated carbocycles. The molecule has 0 bridgehead atoms. The van der Waals surface area contributed by atoms with E-state index in [2.05, 4.69) is 20.4 Å². The maximum Gasteiger partial charge on any atom is 0.224 e. The van der Waals surface area contributed by atoms with Crippen LogP contribution in [0.3, 0.4) is 0 Å². The maximum absolute atomic E-state index is 12.6. The van der Waals surface area contributed by atoms with Gasteiger partial charge in [0.05, 0.1) is 11.7 Å². The number of amides is 1. The molecule has 1 aliphatic heterocycles. The monoisotopic (exact) mass is 348 g/mol. The minimum absolute atomic E-state index is 0.0201. The van der Waals surface area contributed by atoms with E-state index in [1.807, 2.05) is 18.9 Å². The molecule has 1 saturated heterocycles. The van der Waals surface area contributed by atoms with Crippen LogP contribution in [0.2, 0.25) is 5.15 Å². The van der Waals surface area contributed by atoms with Crippen molar-refractivity contribution in [3.63, 3.8) is 0 Å². The summed E-state index contributed by atoms with van der Waals surface area (Å²) in [6.45, 7) is 3.21. The summed E-state index contributed by atoms with van der Waals surface area (Å²) in [4.78, 5) is 22.7. The fourth-order valence-corrected chi connectivity index (χ4v) is 3.51. The molecular weight excluding hydrogens is 328 g/mol. The molecule has 2 aromatic heterocycles. The average molecular weight is 349 g/mol. The molecule has 2 aromatic rings. The second-order valence-corrected chi connectivity index (χ2v) is 6.27. The first-order valence-electron chi connectivity index (χ1n) is 8.07. The quantitative estimate of drug-likeness (QED) is 0.897. The number of halogens is 1. The van der Waals surface area contributed by atoms with E-state index >= 15 is 0 Å². The molecule has 0 aromatic carbocycles. The van der Waals surface area contributed by atoms with Crippen molar-refractivity contribution in [2.24, 2.45) is 7.05 Å². The lowest BCUT2D eigenvalue weighted by Gasteiger charge is -2.25. The van der Waals surface area contributed by atoms with Crippen molar-refractivity contribution in [3.05, 3.63) is 34.9 Å². The number of nitrogens with one attached hydrogen (secondary N) is 1. The Bertz CT molecular complexity index is 717. The smallest absolute Gasteiger partial charge is 0.224 e. The predicted octanol–water partition coefficient (Wildman–Crippen LogP) is 2.34. The molecule has 128 valence electrons. The highest BCUT2D eigenvalue weighted by molar-refractivity contribution is 6.30. The molecule has 7 nitrogen and oxygen atoms in total. The van der Waals surface area contributed by atoms with Crippen molar-refractivity contribution >= 4 is 23.5 Å².